The molecule has 1 amide bonds. The van der Waals surface area contributed by atoms with Gasteiger partial charge in [0, 0.05) is 6.07 Å². The van der Waals surface area contributed by atoms with E-state index in [9.17, 15) is 9.59 Å². The van der Waals surface area contributed by atoms with Crippen LogP contribution in [-0.4, -0.2) is 24.0 Å². The van der Waals surface area contributed by atoms with Crippen LogP contribution in [0.5, 0.6) is 0 Å². The number of para-hydroxylation sites is 1. The van der Waals surface area contributed by atoms with E-state index in [1.807, 2.05) is 6.07 Å². The Kier molecular flexibility index (Phi) is 4.84. The Labute approximate surface area is 143 Å². The normalized spacial score (nSPS) is 10.3. The van der Waals surface area contributed by atoms with Crippen molar-refractivity contribution in [3.05, 3.63) is 66.8 Å². The molecule has 0 fully saturated rings. The third-order valence-corrected chi connectivity index (χ3v) is 3.48. The molecule has 0 atom stereocenters. The molecule has 7 nitrogen and oxygen atoms in total. The van der Waals surface area contributed by atoms with Crippen molar-refractivity contribution in [2.45, 2.75) is 6.54 Å². The standard InChI is InChI=1S/C18H15N3O4/c1-24-18(23)13-5-2-3-6-14(13)20-17(22)11-21-9-8-15(19-12-21)16-7-4-10-25-16/h2-10,12H,11H2,1H3/p+1. The molecule has 0 aliphatic heterocycles. The minimum atomic E-state index is -0.506. The Morgan fingerprint density at radius 1 is 1.20 bits per heavy atom. The molecule has 1 N–H and O–H groups in total. The summed E-state index contributed by atoms with van der Waals surface area (Å²) in [6.45, 7) is 0.0565. The number of esters is 1. The van der Waals surface area contributed by atoms with Crippen molar-refractivity contribution in [1.82, 2.24) is 4.98 Å². The van der Waals surface area contributed by atoms with Gasteiger partial charge in [-0.2, -0.15) is 0 Å². The molecule has 25 heavy (non-hydrogen) atoms. The van der Waals surface area contributed by atoms with E-state index in [0.29, 0.717) is 22.7 Å². The number of aromatic nitrogens is 2. The summed E-state index contributed by atoms with van der Waals surface area (Å²) in [6.07, 6.45) is 4.85. The van der Waals surface area contributed by atoms with Crippen molar-refractivity contribution >= 4 is 17.6 Å². The lowest BCUT2D eigenvalue weighted by molar-refractivity contribution is -0.686. The Morgan fingerprint density at radius 3 is 2.72 bits per heavy atom. The molecule has 3 aromatic rings. The lowest BCUT2D eigenvalue weighted by Crippen LogP contribution is -2.40. The molecule has 0 spiro atoms. The maximum absolute atomic E-state index is 12.2. The topological polar surface area (TPSA) is 85.3 Å². The van der Waals surface area contributed by atoms with Crippen molar-refractivity contribution in [3.8, 4) is 11.5 Å². The van der Waals surface area contributed by atoms with Crippen molar-refractivity contribution < 1.29 is 23.3 Å². The highest BCUT2D eigenvalue weighted by Crippen LogP contribution is 2.16. The zero-order valence-electron chi connectivity index (χ0n) is 13.5. The third kappa shape index (κ3) is 3.89. The van der Waals surface area contributed by atoms with Crippen LogP contribution in [0.25, 0.3) is 11.5 Å². The predicted molar refractivity (Wildman–Crippen MR) is 88.5 cm³/mol. The van der Waals surface area contributed by atoms with Crippen LogP contribution in [0, 0.1) is 0 Å². The van der Waals surface area contributed by atoms with Gasteiger partial charge in [0.1, 0.15) is 0 Å². The molecule has 0 radical (unpaired) electrons. The summed E-state index contributed by atoms with van der Waals surface area (Å²) in [4.78, 5) is 28.2. The minimum Gasteiger partial charge on any atom is -0.465 e. The lowest BCUT2D eigenvalue weighted by atomic mass is 10.2. The molecule has 1 aromatic carbocycles. The summed E-state index contributed by atoms with van der Waals surface area (Å²) >= 11 is 0. The first-order valence-corrected chi connectivity index (χ1v) is 7.53. The first-order chi connectivity index (χ1) is 12.2. The summed E-state index contributed by atoms with van der Waals surface area (Å²) in [5, 5.41) is 2.71. The number of carbonyl (C=O) groups excluding carboxylic acids is 2. The van der Waals surface area contributed by atoms with Crippen molar-refractivity contribution in [2.75, 3.05) is 12.4 Å². The van der Waals surface area contributed by atoms with Gasteiger partial charge in [-0.05, 0) is 29.2 Å². The lowest BCUT2D eigenvalue weighted by Gasteiger charge is -2.08. The summed E-state index contributed by atoms with van der Waals surface area (Å²) in [6, 6.07) is 12.0. The third-order valence-electron chi connectivity index (χ3n) is 3.48. The molecule has 2 aromatic heterocycles. The Morgan fingerprint density at radius 2 is 2.04 bits per heavy atom. The van der Waals surface area contributed by atoms with Crippen molar-refractivity contribution in [3.63, 3.8) is 0 Å². The van der Waals surface area contributed by atoms with Gasteiger partial charge in [-0.15, -0.1) is 0 Å². The number of methoxy groups -OCH3 is 1. The Hall–Kier alpha value is -3.48. The second-order valence-electron chi connectivity index (χ2n) is 5.18. The Balaban J connectivity index is 1.68. The number of anilines is 1. The van der Waals surface area contributed by atoms with Crippen LogP contribution in [0.2, 0.25) is 0 Å². The molecule has 3 rings (SSSR count). The average Bonchev–Trinajstić information content (AvgIpc) is 3.17. The van der Waals surface area contributed by atoms with Crippen molar-refractivity contribution in [2.24, 2.45) is 0 Å². The van der Waals surface area contributed by atoms with Gasteiger partial charge < -0.3 is 14.5 Å². The molecule has 0 bridgehead atoms. The van der Waals surface area contributed by atoms with E-state index in [1.54, 1.807) is 59.8 Å². The fourth-order valence-electron chi connectivity index (χ4n) is 2.28. The Bertz CT molecular complexity index is 874. The van der Waals surface area contributed by atoms with Gasteiger partial charge in [0.15, 0.2) is 12.3 Å². The van der Waals surface area contributed by atoms with Crippen LogP contribution in [0.15, 0.2) is 65.7 Å². The van der Waals surface area contributed by atoms with Gasteiger partial charge in [-0.3, -0.25) is 4.79 Å². The predicted octanol–water partition coefficient (Wildman–Crippen LogP) is 2.05. The summed E-state index contributed by atoms with van der Waals surface area (Å²) in [5.41, 5.74) is 1.38. The van der Waals surface area contributed by atoms with E-state index in [1.165, 1.54) is 7.11 Å². The molecule has 0 unspecified atom stereocenters. The number of hydrogen-bond acceptors (Lipinski definition) is 5. The van der Waals surface area contributed by atoms with Gasteiger partial charge in [0.05, 0.1) is 30.8 Å². The first kappa shape index (κ1) is 16.4. The molecular weight excluding hydrogens is 322 g/mol. The fraction of sp³-hybridized carbons (Fsp3) is 0.111. The number of nitrogens with zero attached hydrogens (tertiary/aromatic N) is 2. The molecular formula is C18H16N3O4+. The zero-order chi connectivity index (χ0) is 17.6. The maximum atomic E-state index is 12.2. The minimum absolute atomic E-state index is 0.0565. The number of ether oxygens (including phenoxy) is 1. The van der Waals surface area contributed by atoms with E-state index < -0.39 is 5.97 Å². The van der Waals surface area contributed by atoms with E-state index in [4.69, 9.17) is 9.15 Å². The number of benzene rings is 1. The van der Waals surface area contributed by atoms with E-state index in [0.717, 1.165) is 0 Å². The summed E-state index contributed by atoms with van der Waals surface area (Å²) < 4.78 is 11.6. The molecule has 0 saturated heterocycles. The van der Waals surface area contributed by atoms with E-state index in [-0.39, 0.29) is 12.5 Å². The fourth-order valence-corrected chi connectivity index (χ4v) is 2.28. The van der Waals surface area contributed by atoms with Gasteiger partial charge >= 0.3 is 5.97 Å². The van der Waals surface area contributed by atoms with Crippen LogP contribution in [0.4, 0.5) is 5.69 Å². The average molecular weight is 338 g/mol. The van der Waals surface area contributed by atoms with Gasteiger partial charge in [0.2, 0.25) is 5.69 Å². The van der Waals surface area contributed by atoms with Crippen LogP contribution >= 0.6 is 0 Å². The number of carbonyl (C=O) groups is 2. The summed E-state index contributed by atoms with van der Waals surface area (Å²) in [7, 11) is 1.29. The van der Waals surface area contributed by atoms with E-state index in [2.05, 4.69) is 10.3 Å². The highest BCUT2D eigenvalue weighted by Gasteiger charge is 2.15. The van der Waals surface area contributed by atoms with Crippen molar-refractivity contribution in [1.29, 1.82) is 0 Å². The van der Waals surface area contributed by atoms with Crippen LogP contribution < -0.4 is 9.88 Å². The SMILES string of the molecule is COC(=O)c1ccccc1NC(=O)C[n+]1ccc(-c2ccco2)nc1. The number of amides is 1. The second-order valence-corrected chi connectivity index (χ2v) is 5.18. The molecule has 0 aliphatic rings. The molecule has 0 aliphatic carbocycles. The van der Waals surface area contributed by atoms with Crippen LogP contribution in [-0.2, 0) is 16.1 Å². The van der Waals surface area contributed by atoms with Gasteiger partial charge in [0.25, 0.3) is 12.2 Å². The molecule has 0 saturated carbocycles. The van der Waals surface area contributed by atoms with Crippen LogP contribution in [0.1, 0.15) is 10.4 Å². The van der Waals surface area contributed by atoms with Gasteiger partial charge in [-0.1, -0.05) is 12.1 Å². The first-order valence-electron chi connectivity index (χ1n) is 7.53. The monoisotopic (exact) mass is 338 g/mol. The second kappa shape index (κ2) is 7.39. The molecule has 7 heteroatoms. The number of hydrogen-bond donors (Lipinski definition) is 1. The maximum Gasteiger partial charge on any atom is 0.339 e. The summed E-state index contributed by atoms with van der Waals surface area (Å²) in [5.74, 6) is -0.134. The highest BCUT2D eigenvalue weighted by molar-refractivity contribution is 6.00. The quantitative estimate of drug-likeness (QED) is 0.568. The highest BCUT2D eigenvalue weighted by atomic mass is 16.5. The number of rotatable bonds is 5. The molecule has 126 valence electrons. The number of nitrogens with one attached hydrogen (secondary N) is 1. The van der Waals surface area contributed by atoms with Crippen LogP contribution in [0.3, 0.4) is 0 Å². The van der Waals surface area contributed by atoms with E-state index >= 15 is 0 Å². The smallest absolute Gasteiger partial charge is 0.339 e. The number of furan rings is 1. The zero-order valence-corrected chi connectivity index (χ0v) is 13.5. The molecule has 2 heterocycles. The van der Waals surface area contributed by atoms with Gasteiger partial charge in [-0.25, -0.2) is 9.36 Å². The largest absolute Gasteiger partial charge is 0.465 e.